The van der Waals surface area contributed by atoms with Gasteiger partial charge in [-0.3, -0.25) is 4.99 Å². The number of aliphatic carboxylic acids is 1. The quantitative estimate of drug-likeness (QED) is 0.237. The number of carbonyl (C=O) groups is 1. The highest BCUT2D eigenvalue weighted by molar-refractivity contribution is 6.09. The molecule has 1 aromatic carbocycles. The monoisotopic (exact) mass is 395 g/mol. The molecular formula is C24H29NO4. The van der Waals surface area contributed by atoms with Crippen molar-refractivity contribution in [3.63, 3.8) is 0 Å². The van der Waals surface area contributed by atoms with Crippen LogP contribution in [0.1, 0.15) is 45.6 Å². The van der Waals surface area contributed by atoms with Gasteiger partial charge in [-0.05, 0) is 62.0 Å². The highest BCUT2D eigenvalue weighted by Gasteiger charge is 2.24. The number of aliphatic hydroxyl groups excluding tert-OH is 1. The third-order valence-electron chi connectivity index (χ3n) is 4.50. The first-order valence-electron chi connectivity index (χ1n) is 9.81. The second-order valence-corrected chi connectivity index (χ2v) is 7.13. The topological polar surface area (TPSA) is 79.1 Å². The summed E-state index contributed by atoms with van der Waals surface area (Å²) in [6, 6.07) is 7.78. The van der Waals surface area contributed by atoms with Crippen LogP contribution in [-0.2, 0) is 4.79 Å². The van der Waals surface area contributed by atoms with Gasteiger partial charge in [0, 0.05) is 18.3 Å². The SMILES string of the molecule is C=C(/C=C(C)/C(C)=C/C(O)=C(\C=NCCC)C(=O)O)c1ccccc1OC1CC1. The number of carboxylic acid groups (broad SMARTS) is 1. The Labute approximate surface area is 172 Å². The molecule has 0 atom stereocenters. The Morgan fingerprint density at radius 3 is 2.48 bits per heavy atom. The number of nitrogens with zero attached hydrogens (tertiary/aromatic N) is 1. The molecular weight excluding hydrogens is 366 g/mol. The number of hydrogen-bond donors (Lipinski definition) is 2. The highest BCUT2D eigenvalue weighted by atomic mass is 16.5. The van der Waals surface area contributed by atoms with Gasteiger partial charge in [-0.15, -0.1) is 0 Å². The van der Waals surface area contributed by atoms with Crippen LogP contribution < -0.4 is 4.74 Å². The Balaban J connectivity index is 2.24. The van der Waals surface area contributed by atoms with E-state index in [-0.39, 0.29) is 11.3 Å². The van der Waals surface area contributed by atoms with Crippen molar-refractivity contribution in [1.29, 1.82) is 0 Å². The maximum Gasteiger partial charge on any atom is 0.341 e. The predicted molar refractivity (Wildman–Crippen MR) is 118 cm³/mol. The molecule has 0 radical (unpaired) electrons. The lowest BCUT2D eigenvalue weighted by Gasteiger charge is -2.12. The molecule has 1 aliphatic rings. The number of aliphatic hydroxyl groups is 1. The molecule has 2 rings (SSSR count). The van der Waals surface area contributed by atoms with E-state index >= 15 is 0 Å². The molecule has 1 saturated carbocycles. The number of benzene rings is 1. The lowest BCUT2D eigenvalue weighted by molar-refractivity contribution is -0.132. The molecule has 0 unspecified atom stereocenters. The maximum atomic E-state index is 11.4. The fourth-order valence-electron chi connectivity index (χ4n) is 2.57. The smallest absolute Gasteiger partial charge is 0.341 e. The normalized spacial score (nSPS) is 16.0. The van der Waals surface area contributed by atoms with E-state index in [2.05, 4.69) is 11.6 Å². The summed E-state index contributed by atoms with van der Waals surface area (Å²) in [4.78, 5) is 15.4. The van der Waals surface area contributed by atoms with E-state index in [4.69, 9.17) is 4.74 Å². The van der Waals surface area contributed by atoms with Crippen molar-refractivity contribution in [2.75, 3.05) is 6.54 Å². The average molecular weight is 395 g/mol. The number of rotatable bonds is 10. The average Bonchev–Trinajstić information content (AvgIpc) is 3.49. The van der Waals surface area contributed by atoms with E-state index in [0.29, 0.717) is 12.6 Å². The van der Waals surface area contributed by atoms with E-state index in [1.807, 2.05) is 51.1 Å². The van der Waals surface area contributed by atoms with Gasteiger partial charge in [0.2, 0.25) is 0 Å². The second kappa shape index (κ2) is 10.5. The molecule has 29 heavy (non-hydrogen) atoms. The Hall–Kier alpha value is -3.08. The van der Waals surface area contributed by atoms with Crippen LogP contribution >= 0.6 is 0 Å². The van der Waals surface area contributed by atoms with Crippen molar-refractivity contribution in [3.05, 3.63) is 71.0 Å². The summed E-state index contributed by atoms with van der Waals surface area (Å²) < 4.78 is 5.96. The summed E-state index contributed by atoms with van der Waals surface area (Å²) in [5.74, 6) is -0.733. The van der Waals surface area contributed by atoms with Gasteiger partial charge in [0.1, 0.15) is 17.1 Å². The Morgan fingerprint density at radius 1 is 1.21 bits per heavy atom. The van der Waals surface area contributed by atoms with E-state index in [1.165, 1.54) is 12.3 Å². The molecule has 5 heteroatoms. The lowest BCUT2D eigenvalue weighted by Crippen LogP contribution is -2.06. The molecule has 0 amide bonds. The zero-order valence-corrected chi connectivity index (χ0v) is 17.3. The van der Waals surface area contributed by atoms with Crippen molar-refractivity contribution < 1.29 is 19.7 Å². The van der Waals surface area contributed by atoms with E-state index in [1.54, 1.807) is 0 Å². The fraction of sp³-hybridized carbons (Fsp3) is 0.333. The van der Waals surface area contributed by atoms with Crippen molar-refractivity contribution in [2.45, 2.75) is 46.1 Å². The van der Waals surface area contributed by atoms with Gasteiger partial charge in [0.25, 0.3) is 0 Å². The summed E-state index contributed by atoms with van der Waals surface area (Å²) in [6.07, 6.45) is 7.80. The first kappa shape index (κ1) is 22.2. The number of aliphatic imine (C=N–C) groups is 1. The van der Waals surface area contributed by atoms with E-state index in [0.717, 1.165) is 47.3 Å². The Bertz CT molecular complexity index is 886. The second-order valence-electron chi connectivity index (χ2n) is 7.13. The predicted octanol–water partition coefficient (Wildman–Crippen LogP) is 5.51. The summed E-state index contributed by atoms with van der Waals surface area (Å²) >= 11 is 0. The maximum absolute atomic E-state index is 11.4. The summed E-state index contributed by atoms with van der Waals surface area (Å²) in [5.41, 5.74) is 3.07. The van der Waals surface area contributed by atoms with Crippen LogP contribution in [0.4, 0.5) is 0 Å². The largest absolute Gasteiger partial charge is 0.507 e. The fourth-order valence-corrected chi connectivity index (χ4v) is 2.57. The van der Waals surface area contributed by atoms with Crippen LogP contribution in [0.2, 0.25) is 0 Å². The molecule has 1 aliphatic carbocycles. The minimum absolute atomic E-state index is 0.229. The molecule has 0 saturated heterocycles. The zero-order valence-electron chi connectivity index (χ0n) is 17.3. The molecule has 5 nitrogen and oxygen atoms in total. The van der Waals surface area contributed by atoms with Gasteiger partial charge < -0.3 is 14.9 Å². The Kier molecular flexibility index (Phi) is 8.01. The van der Waals surface area contributed by atoms with Gasteiger partial charge >= 0.3 is 5.97 Å². The third-order valence-corrected chi connectivity index (χ3v) is 4.50. The van der Waals surface area contributed by atoms with Crippen molar-refractivity contribution in [2.24, 2.45) is 4.99 Å². The van der Waals surface area contributed by atoms with Crippen LogP contribution in [0.25, 0.3) is 5.57 Å². The molecule has 154 valence electrons. The third kappa shape index (κ3) is 6.79. The molecule has 1 fully saturated rings. The van der Waals surface area contributed by atoms with Gasteiger partial charge in [-0.1, -0.05) is 37.8 Å². The molecule has 0 bridgehead atoms. The van der Waals surface area contributed by atoms with E-state index < -0.39 is 5.97 Å². The zero-order chi connectivity index (χ0) is 21.4. The Morgan fingerprint density at radius 2 is 1.86 bits per heavy atom. The first-order valence-corrected chi connectivity index (χ1v) is 9.81. The number of carboxylic acids is 1. The number of allylic oxidation sites excluding steroid dienone is 5. The molecule has 1 aromatic rings. The summed E-state index contributed by atoms with van der Waals surface area (Å²) in [7, 11) is 0. The van der Waals surface area contributed by atoms with Crippen LogP contribution in [0.5, 0.6) is 5.75 Å². The van der Waals surface area contributed by atoms with Crippen LogP contribution in [0.3, 0.4) is 0 Å². The van der Waals surface area contributed by atoms with Crippen molar-refractivity contribution in [3.8, 4) is 5.75 Å². The molecule has 2 N–H and O–H groups in total. The van der Waals surface area contributed by atoms with Gasteiger partial charge in [-0.25, -0.2) is 4.79 Å². The van der Waals surface area contributed by atoms with Gasteiger partial charge in [0.15, 0.2) is 0 Å². The highest BCUT2D eigenvalue weighted by Crippen LogP contribution is 2.33. The molecule has 0 heterocycles. The standard InChI is InChI=1S/C24H29NO4/c1-5-12-25-15-21(24(27)28)22(26)14-17(3)16(2)13-18(4)20-8-6-7-9-23(20)29-19-10-11-19/h6-9,13-15,19,26H,4-5,10-12H2,1-3H3,(H,27,28)/b16-13+,17-14+,22-21-,25-15?. The minimum Gasteiger partial charge on any atom is -0.507 e. The summed E-state index contributed by atoms with van der Waals surface area (Å²) in [6.45, 7) is 10.3. The molecule has 0 aromatic heterocycles. The molecule has 0 spiro atoms. The number of para-hydroxylation sites is 1. The number of hydrogen-bond acceptors (Lipinski definition) is 4. The number of ether oxygens (including phenoxy) is 1. The van der Waals surface area contributed by atoms with Gasteiger partial charge in [0.05, 0.1) is 6.10 Å². The van der Waals surface area contributed by atoms with Crippen LogP contribution in [-0.4, -0.2) is 35.0 Å². The van der Waals surface area contributed by atoms with Crippen LogP contribution in [0.15, 0.2) is 70.5 Å². The minimum atomic E-state index is -1.22. The molecule has 0 aliphatic heterocycles. The van der Waals surface area contributed by atoms with Gasteiger partial charge in [-0.2, -0.15) is 0 Å². The van der Waals surface area contributed by atoms with E-state index in [9.17, 15) is 15.0 Å². The lowest BCUT2D eigenvalue weighted by atomic mass is 10.00. The first-order chi connectivity index (χ1) is 13.8. The summed E-state index contributed by atoms with van der Waals surface area (Å²) in [5, 5.41) is 19.6. The van der Waals surface area contributed by atoms with Crippen LogP contribution in [0, 0.1) is 0 Å². The van der Waals surface area contributed by atoms with Crippen molar-refractivity contribution in [1.82, 2.24) is 0 Å². The van der Waals surface area contributed by atoms with Crippen molar-refractivity contribution >= 4 is 17.8 Å².